The van der Waals surface area contributed by atoms with Gasteiger partial charge in [-0.1, -0.05) is 20.8 Å². The molecule has 2 rings (SSSR count). The van der Waals surface area contributed by atoms with Crippen molar-refractivity contribution >= 4 is 0 Å². The highest BCUT2D eigenvalue weighted by Gasteiger charge is 2.37. The van der Waals surface area contributed by atoms with Crippen molar-refractivity contribution in [2.45, 2.75) is 44.9 Å². The van der Waals surface area contributed by atoms with Crippen molar-refractivity contribution in [1.82, 2.24) is 0 Å². The lowest BCUT2D eigenvalue weighted by Crippen LogP contribution is -2.20. The smallest absolute Gasteiger partial charge is 0.109 e. The second kappa shape index (κ2) is 3.67. The normalized spacial score (nSPS) is 25.6. The SMILES string of the molecule is CC1CC1c1ccc(C(C)(C)CCN)o1. The van der Waals surface area contributed by atoms with E-state index in [1.807, 2.05) is 0 Å². The van der Waals surface area contributed by atoms with Gasteiger partial charge in [0.15, 0.2) is 0 Å². The van der Waals surface area contributed by atoms with Gasteiger partial charge in [0.1, 0.15) is 11.5 Å². The molecule has 2 N–H and O–H groups in total. The molecule has 15 heavy (non-hydrogen) atoms. The molecule has 1 aliphatic rings. The van der Waals surface area contributed by atoms with Crippen LogP contribution in [0, 0.1) is 5.92 Å². The second-order valence-electron chi connectivity index (χ2n) is 5.44. The molecule has 0 spiro atoms. The van der Waals surface area contributed by atoms with E-state index in [0.717, 1.165) is 18.1 Å². The lowest BCUT2D eigenvalue weighted by Gasteiger charge is -2.20. The van der Waals surface area contributed by atoms with Crippen LogP contribution in [0.2, 0.25) is 0 Å². The summed E-state index contributed by atoms with van der Waals surface area (Å²) < 4.78 is 5.94. The van der Waals surface area contributed by atoms with E-state index in [1.54, 1.807) is 0 Å². The van der Waals surface area contributed by atoms with Gasteiger partial charge >= 0.3 is 0 Å². The molecule has 2 atom stereocenters. The van der Waals surface area contributed by atoms with Crippen LogP contribution in [0.5, 0.6) is 0 Å². The quantitative estimate of drug-likeness (QED) is 0.824. The molecule has 1 heterocycles. The molecule has 2 nitrogen and oxygen atoms in total. The Balaban J connectivity index is 2.12. The summed E-state index contributed by atoms with van der Waals surface area (Å²) in [7, 11) is 0. The zero-order valence-electron chi connectivity index (χ0n) is 9.92. The Morgan fingerprint density at radius 1 is 1.47 bits per heavy atom. The predicted molar refractivity (Wildman–Crippen MR) is 61.9 cm³/mol. The minimum atomic E-state index is 0.0745. The maximum Gasteiger partial charge on any atom is 0.109 e. The summed E-state index contributed by atoms with van der Waals surface area (Å²) in [5.74, 6) is 3.73. The molecule has 1 aliphatic carbocycles. The van der Waals surface area contributed by atoms with Crippen molar-refractivity contribution in [3.05, 3.63) is 23.7 Å². The molecule has 0 bridgehead atoms. The molecular weight excluding hydrogens is 186 g/mol. The van der Waals surface area contributed by atoms with E-state index in [9.17, 15) is 0 Å². The molecule has 1 aromatic rings. The van der Waals surface area contributed by atoms with E-state index in [-0.39, 0.29) is 5.41 Å². The molecule has 0 radical (unpaired) electrons. The monoisotopic (exact) mass is 207 g/mol. The molecule has 1 aromatic heterocycles. The molecule has 1 saturated carbocycles. The van der Waals surface area contributed by atoms with Gasteiger partial charge in [0, 0.05) is 11.3 Å². The lowest BCUT2D eigenvalue weighted by atomic mass is 9.87. The Kier molecular flexibility index (Phi) is 2.63. The standard InChI is InChI=1S/C13H21NO/c1-9-8-10(9)11-4-5-12(15-11)13(2,3)6-7-14/h4-5,9-10H,6-8,14H2,1-3H3. The molecule has 0 aliphatic heterocycles. The van der Waals surface area contributed by atoms with E-state index in [4.69, 9.17) is 10.2 Å². The number of hydrogen-bond acceptors (Lipinski definition) is 2. The van der Waals surface area contributed by atoms with Crippen molar-refractivity contribution in [3.63, 3.8) is 0 Å². The van der Waals surface area contributed by atoms with Gasteiger partial charge in [-0.05, 0) is 37.4 Å². The van der Waals surface area contributed by atoms with Crippen molar-refractivity contribution in [2.24, 2.45) is 11.7 Å². The van der Waals surface area contributed by atoms with Crippen LogP contribution in [0.1, 0.15) is 51.1 Å². The van der Waals surface area contributed by atoms with Gasteiger partial charge < -0.3 is 10.2 Å². The first kappa shape index (κ1) is 10.7. The lowest BCUT2D eigenvalue weighted by molar-refractivity contribution is 0.351. The Morgan fingerprint density at radius 3 is 2.67 bits per heavy atom. The number of hydrogen-bond donors (Lipinski definition) is 1. The van der Waals surface area contributed by atoms with Crippen molar-refractivity contribution in [3.8, 4) is 0 Å². The summed E-state index contributed by atoms with van der Waals surface area (Å²) in [5, 5.41) is 0. The summed E-state index contributed by atoms with van der Waals surface area (Å²) >= 11 is 0. The average Bonchev–Trinajstić information content (AvgIpc) is 2.70. The number of rotatable bonds is 4. The zero-order valence-corrected chi connectivity index (χ0v) is 9.92. The van der Waals surface area contributed by atoms with Crippen LogP contribution in [0.4, 0.5) is 0 Å². The summed E-state index contributed by atoms with van der Waals surface area (Å²) in [5.41, 5.74) is 5.69. The number of nitrogens with two attached hydrogens (primary N) is 1. The van der Waals surface area contributed by atoms with Crippen LogP contribution in [-0.4, -0.2) is 6.54 Å². The Bertz CT molecular complexity index is 340. The third-order valence-corrected chi connectivity index (χ3v) is 3.54. The van der Waals surface area contributed by atoms with E-state index in [0.29, 0.717) is 12.5 Å². The highest BCUT2D eigenvalue weighted by molar-refractivity contribution is 5.21. The molecule has 0 amide bonds. The van der Waals surface area contributed by atoms with Crippen molar-refractivity contribution < 1.29 is 4.42 Å². The maximum atomic E-state index is 5.94. The van der Waals surface area contributed by atoms with Gasteiger partial charge in [0.2, 0.25) is 0 Å². The van der Waals surface area contributed by atoms with Crippen LogP contribution in [-0.2, 0) is 5.41 Å². The minimum absolute atomic E-state index is 0.0745. The Morgan fingerprint density at radius 2 is 2.13 bits per heavy atom. The summed E-state index contributed by atoms with van der Waals surface area (Å²) in [4.78, 5) is 0. The van der Waals surface area contributed by atoms with E-state index in [1.165, 1.54) is 12.2 Å². The topological polar surface area (TPSA) is 39.2 Å². The van der Waals surface area contributed by atoms with Crippen LogP contribution >= 0.6 is 0 Å². The van der Waals surface area contributed by atoms with E-state index < -0.39 is 0 Å². The van der Waals surface area contributed by atoms with Crippen LogP contribution in [0.3, 0.4) is 0 Å². The first-order chi connectivity index (χ1) is 7.04. The molecule has 1 fully saturated rings. The largest absolute Gasteiger partial charge is 0.465 e. The van der Waals surface area contributed by atoms with Gasteiger partial charge in [-0.2, -0.15) is 0 Å². The molecule has 0 saturated heterocycles. The fraction of sp³-hybridized carbons (Fsp3) is 0.692. The van der Waals surface area contributed by atoms with E-state index >= 15 is 0 Å². The Hall–Kier alpha value is -0.760. The van der Waals surface area contributed by atoms with E-state index in [2.05, 4.69) is 32.9 Å². The van der Waals surface area contributed by atoms with Gasteiger partial charge in [-0.25, -0.2) is 0 Å². The highest BCUT2D eigenvalue weighted by atomic mass is 16.3. The minimum Gasteiger partial charge on any atom is -0.465 e. The van der Waals surface area contributed by atoms with Crippen LogP contribution in [0.25, 0.3) is 0 Å². The fourth-order valence-electron chi connectivity index (χ4n) is 2.12. The summed E-state index contributed by atoms with van der Waals surface area (Å²) in [6.07, 6.45) is 2.25. The molecule has 84 valence electrons. The summed E-state index contributed by atoms with van der Waals surface area (Å²) in [6.45, 7) is 7.37. The van der Waals surface area contributed by atoms with Crippen LogP contribution in [0.15, 0.2) is 16.5 Å². The fourth-order valence-corrected chi connectivity index (χ4v) is 2.12. The average molecular weight is 207 g/mol. The van der Waals surface area contributed by atoms with Gasteiger partial charge in [-0.3, -0.25) is 0 Å². The molecule has 2 heteroatoms. The third-order valence-electron chi connectivity index (χ3n) is 3.54. The van der Waals surface area contributed by atoms with Gasteiger partial charge in [0.05, 0.1) is 0 Å². The first-order valence-corrected chi connectivity index (χ1v) is 5.85. The van der Waals surface area contributed by atoms with Crippen molar-refractivity contribution in [1.29, 1.82) is 0 Å². The molecule has 0 aromatic carbocycles. The van der Waals surface area contributed by atoms with Gasteiger partial charge in [0.25, 0.3) is 0 Å². The zero-order chi connectivity index (χ0) is 11.1. The molecule has 2 unspecified atom stereocenters. The Labute approximate surface area is 91.8 Å². The predicted octanol–water partition coefficient (Wildman–Crippen LogP) is 3.03. The number of furan rings is 1. The highest BCUT2D eigenvalue weighted by Crippen LogP contribution is 2.48. The maximum absolute atomic E-state index is 5.94. The van der Waals surface area contributed by atoms with Crippen molar-refractivity contribution in [2.75, 3.05) is 6.54 Å². The van der Waals surface area contributed by atoms with Gasteiger partial charge in [-0.15, -0.1) is 0 Å². The summed E-state index contributed by atoms with van der Waals surface area (Å²) in [6, 6.07) is 4.26. The second-order valence-corrected chi connectivity index (χ2v) is 5.44. The van der Waals surface area contributed by atoms with Crippen LogP contribution < -0.4 is 5.73 Å². The first-order valence-electron chi connectivity index (χ1n) is 5.85. The molecular formula is C13H21NO. The third kappa shape index (κ3) is 2.10.